The molecule has 2 aromatic rings. The standard InChI is InChI=1S/C20H24F3N5O4S/c1-15-24-18(14-19(25-15)27-10-12-31-13-11-27)26-6-8-28(9-7-26)33(29,30)17-5-3-2-4-16(17)32-20(21,22)23/h2-5,14H,6-13H2,1H3. The summed E-state index contributed by atoms with van der Waals surface area (Å²) in [7, 11) is -4.18. The summed E-state index contributed by atoms with van der Waals surface area (Å²) in [6.07, 6.45) is -4.99. The third-order valence-electron chi connectivity index (χ3n) is 5.40. The molecule has 0 atom stereocenters. The van der Waals surface area contributed by atoms with Gasteiger partial charge in [-0.3, -0.25) is 0 Å². The van der Waals surface area contributed by atoms with Gasteiger partial charge in [-0.2, -0.15) is 4.31 Å². The number of anilines is 2. The molecule has 0 N–H and O–H groups in total. The van der Waals surface area contributed by atoms with Crippen LogP contribution >= 0.6 is 0 Å². The van der Waals surface area contributed by atoms with Crippen molar-refractivity contribution in [2.45, 2.75) is 18.2 Å². The molecule has 13 heteroatoms. The SMILES string of the molecule is Cc1nc(N2CCOCC2)cc(N2CCN(S(=O)(=O)c3ccccc3OC(F)(F)F)CC2)n1. The molecule has 0 unspecified atom stereocenters. The van der Waals surface area contributed by atoms with E-state index in [1.807, 2.05) is 11.0 Å². The number of para-hydroxylation sites is 1. The van der Waals surface area contributed by atoms with Gasteiger partial charge in [0.25, 0.3) is 0 Å². The molecule has 2 fully saturated rings. The van der Waals surface area contributed by atoms with Crippen LogP contribution in [0.2, 0.25) is 0 Å². The minimum Gasteiger partial charge on any atom is -0.404 e. The van der Waals surface area contributed by atoms with Gasteiger partial charge in [0.05, 0.1) is 13.2 Å². The molecule has 0 saturated carbocycles. The fourth-order valence-electron chi connectivity index (χ4n) is 3.82. The van der Waals surface area contributed by atoms with Crippen LogP contribution in [0.1, 0.15) is 5.82 Å². The second-order valence-electron chi connectivity index (χ2n) is 7.62. The van der Waals surface area contributed by atoms with E-state index in [1.165, 1.54) is 16.4 Å². The average molecular weight is 488 g/mol. The number of halogens is 3. The van der Waals surface area contributed by atoms with E-state index in [0.717, 1.165) is 31.0 Å². The van der Waals surface area contributed by atoms with Gasteiger partial charge in [0, 0.05) is 45.3 Å². The number of hydrogen-bond acceptors (Lipinski definition) is 8. The molecule has 33 heavy (non-hydrogen) atoms. The van der Waals surface area contributed by atoms with Gasteiger partial charge < -0.3 is 19.3 Å². The number of alkyl halides is 3. The maximum atomic E-state index is 13.1. The molecule has 2 saturated heterocycles. The van der Waals surface area contributed by atoms with Crippen molar-refractivity contribution in [3.8, 4) is 5.75 Å². The molecule has 0 aliphatic carbocycles. The van der Waals surface area contributed by atoms with E-state index >= 15 is 0 Å². The maximum absolute atomic E-state index is 13.1. The lowest BCUT2D eigenvalue weighted by Crippen LogP contribution is -2.49. The summed E-state index contributed by atoms with van der Waals surface area (Å²) in [5, 5.41) is 0. The highest BCUT2D eigenvalue weighted by molar-refractivity contribution is 7.89. The lowest BCUT2D eigenvalue weighted by atomic mass is 10.3. The van der Waals surface area contributed by atoms with Crippen molar-refractivity contribution in [2.75, 3.05) is 62.3 Å². The summed E-state index contributed by atoms with van der Waals surface area (Å²) in [6, 6.07) is 6.64. The number of sulfonamides is 1. The fraction of sp³-hybridized carbons (Fsp3) is 0.500. The summed E-state index contributed by atoms with van der Waals surface area (Å²) in [5.41, 5.74) is 0. The lowest BCUT2D eigenvalue weighted by molar-refractivity contribution is -0.275. The highest BCUT2D eigenvalue weighted by Crippen LogP contribution is 2.32. The van der Waals surface area contributed by atoms with E-state index in [1.54, 1.807) is 6.92 Å². The van der Waals surface area contributed by atoms with Gasteiger partial charge in [0.2, 0.25) is 10.0 Å². The van der Waals surface area contributed by atoms with E-state index in [0.29, 0.717) is 37.9 Å². The van der Waals surface area contributed by atoms with Crippen molar-refractivity contribution in [3.63, 3.8) is 0 Å². The van der Waals surface area contributed by atoms with Crippen LogP contribution in [-0.2, 0) is 14.8 Å². The van der Waals surface area contributed by atoms with E-state index < -0.39 is 27.0 Å². The van der Waals surface area contributed by atoms with Crippen molar-refractivity contribution < 1.29 is 31.1 Å². The van der Waals surface area contributed by atoms with E-state index in [2.05, 4.69) is 19.6 Å². The predicted octanol–water partition coefficient (Wildman–Crippen LogP) is 2.03. The number of hydrogen-bond donors (Lipinski definition) is 0. The van der Waals surface area contributed by atoms with E-state index in [4.69, 9.17) is 4.74 Å². The van der Waals surface area contributed by atoms with Gasteiger partial charge in [-0.05, 0) is 19.1 Å². The van der Waals surface area contributed by atoms with Crippen LogP contribution in [0.4, 0.5) is 24.8 Å². The summed E-state index contributed by atoms with van der Waals surface area (Å²) in [4.78, 5) is 12.5. The van der Waals surface area contributed by atoms with Crippen LogP contribution in [0.25, 0.3) is 0 Å². The van der Waals surface area contributed by atoms with Crippen LogP contribution < -0.4 is 14.5 Å². The number of rotatable bonds is 5. The number of morpholine rings is 1. The molecule has 0 bridgehead atoms. The Balaban J connectivity index is 1.49. The summed E-state index contributed by atoms with van der Waals surface area (Å²) >= 11 is 0. The Bertz CT molecular complexity index is 1090. The van der Waals surface area contributed by atoms with Gasteiger partial charge in [-0.1, -0.05) is 12.1 Å². The van der Waals surface area contributed by atoms with Crippen molar-refractivity contribution in [3.05, 3.63) is 36.2 Å². The molecule has 180 valence electrons. The molecule has 1 aromatic carbocycles. The first-order chi connectivity index (χ1) is 15.6. The highest BCUT2D eigenvalue weighted by Gasteiger charge is 2.36. The number of nitrogens with zero attached hydrogens (tertiary/aromatic N) is 5. The normalized spacial score (nSPS) is 18.4. The Morgan fingerprint density at radius 1 is 0.939 bits per heavy atom. The molecule has 9 nitrogen and oxygen atoms in total. The smallest absolute Gasteiger partial charge is 0.404 e. The number of ether oxygens (including phenoxy) is 2. The minimum atomic E-state index is -4.99. The number of benzene rings is 1. The predicted molar refractivity (Wildman–Crippen MR) is 114 cm³/mol. The Hall–Kier alpha value is -2.64. The third kappa shape index (κ3) is 5.47. The third-order valence-corrected chi connectivity index (χ3v) is 7.34. The van der Waals surface area contributed by atoms with Crippen molar-refractivity contribution in [2.24, 2.45) is 0 Å². The molecule has 0 radical (unpaired) electrons. The minimum absolute atomic E-state index is 0.0959. The molecule has 1 aromatic heterocycles. The largest absolute Gasteiger partial charge is 0.573 e. The zero-order valence-electron chi connectivity index (χ0n) is 18.0. The van der Waals surface area contributed by atoms with Crippen LogP contribution in [0, 0.1) is 6.92 Å². The second-order valence-corrected chi connectivity index (χ2v) is 9.52. The van der Waals surface area contributed by atoms with E-state index in [9.17, 15) is 21.6 Å². The van der Waals surface area contributed by atoms with Gasteiger partial charge >= 0.3 is 6.36 Å². The van der Waals surface area contributed by atoms with Gasteiger partial charge in [-0.25, -0.2) is 18.4 Å². The molecule has 4 rings (SSSR count). The zero-order valence-corrected chi connectivity index (χ0v) is 18.8. The molecular formula is C20H24F3N5O4S. The summed E-state index contributed by atoms with van der Waals surface area (Å²) in [6.45, 7) is 5.34. The van der Waals surface area contributed by atoms with E-state index in [-0.39, 0.29) is 13.1 Å². The molecule has 2 aliphatic rings. The summed E-state index contributed by atoms with van der Waals surface area (Å²) in [5.74, 6) is 1.33. The van der Waals surface area contributed by atoms with Crippen LogP contribution in [0.3, 0.4) is 0 Å². The van der Waals surface area contributed by atoms with Gasteiger partial charge in [-0.15, -0.1) is 13.2 Å². The van der Waals surface area contributed by atoms with Gasteiger partial charge in [0.15, 0.2) is 0 Å². The molecule has 2 aliphatic heterocycles. The first-order valence-electron chi connectivity index (χ1n) is 10.4. The fourth-order valence-corrected chi connectivity index (χ4v) is 5.36. The monoisotopic (exact) mass is 487 g/mol. The first kappa shape index (κ1) is 23.5. The molecular weight excluding hydrogens is 463 g/mol. The zero-order chi connectivity index (χ0) is 23.6. The van der Waals surface area contributed by atoms with Crippen molar-refractivity contribution in [1.29, 1.82) is 0 Å². The molecule has 0 spiro atoms. The van der Waals surface area contributed by atoms with Crippen LogP contribution in [0.15, 0.2) is 35.2 Å². The van der Waals surface area contributed by atoms with Crippen molar-refractivity contribution >= 4 is 21.7 Å². The van der Waals surface area contributed by atoms with Crippen molar-refractivity contribution in [1.82, 2.24) is 14.3 Å². The number of aromatic nitrogens is 2. The number of aryl methyl sites for hydroxylation is 1. The first-order valence-corrected chi connectivity index (χ1v) is 11.9. The quantitative estimate of drug-likeness (QED) is 0.633. The lowest BCUT2D eigenvalue weighted by Gasteiger charge is -2.35. The van der Waals surface area contributed by atoms with Crippen LogP contribution in [-0.4, -0.2) is 81.5 Å². The van der Waals surface area contributed by atoms with Crippen LogP contribution in [0.5, 0.6) is 5.75 Å². The Labute approximate surface area is 189 Å². The topological polar surface area (TPSA) is 88.1 Å². The molecule has 0 amide bonds. The highest BCUT2D eigenvalue weighted by atomic mass is 32.2. The second kappa shape index (κ2) is 9.31. The Morgan fingerprint density at radius 2 is 1.52 bits per heavy atom. The summed E-state index contributed by atoms with van der Waals surface area (Å²) < 4.78 is 74.8. The maximum Gasteiger partial charge on any atom is 0.573 e. The van der Waals surface area contributed by atoms with Gasteiger partial charge in [0.1, 0.15) is 28.1 Å². The Kier molecular flexibility index (Phi) is 6.64. The Morgan fingerprint density at radius 3 is 2.12 bits per heavy atom. The number of piperazine rings is 1. The average Bonchev–Trinajstić information content (AvgIpc) is 2.78. The molecule has 3 heterocycles.